The van der Waals surface area contributed by atoms with Gasteiger partial charge in [-0.3, -0.25) is 0 Å². The normalized spacial score (nSPS) is 12.6. The van der Waals surface area contributed by atoms with Gasteiger partial charge in [-0.15, -0.1) is 10.4 Å². The standard InChI is InChI=1S/C24H29N3O5/c1-6-23(25-20(16(2)3)13-11-18-9-7-17(4)8-10-18)27(30,31)26-21-14-12-19(24(28)29)15-22(21)32-5/h6-10,12,14-16,20,25-26,30-31H,1-5H3/p+1/b23-6+. The Labute approximate surface area is 188 Å². The molecule has 0 fully saturated rings. The summed E-state index contributed by atoms with van der Waals surface area (Å²) in [5.74, 6) is 5.38. The topological polar surface area (TPSA) is 111 Å². The van der Waals surface area contributed by atoms with Crippen molar-refractivity contribution in [1.29, 1.82) is 0 Å². The molecule has 0 saturated carbocycles. The van der Waals surface area contributed by atoms with Crippen molar-refractivity contribution in [3.8, 4) is 17.6 Å². The fourth-order valence-electron chi connectivity index (χ4n) is 2.82. The van der Waals surface area contributed by atoms with E-state index < -0.39 is 10.9 Å². The Morgan fingerprint density at radius 3 is 2.34 bits per heavy atom. The van der Waals surface area contributed by atoms with Crippen LogP contribution in [0.15, 0.2) is 54.4 Å². The van der Waals surface area contributed by atoms with Crippen molar-refractivity contribution >= 4 is 11.7 Å². The Bertz CT molecular complexity index is 1030. The Kier molecular flexibility index (Phi) is 8.27. The van der Waals surface area contributed by atoms with Crippen LogP contribution in [0, 0.1) is 24.7 Å². The first-order chi connectivity index (χ1) is 15.1. The van der Waals surface area contributed by atoms with Gasteiger partial charge in [-0.2, -0.15) is 5.43 Å². The minimum atomic E-state index is -1.71. The predicted molar refractivity (Wildman–Crippen MR) is 121 cm³/mol. The van der Waals surface area contributed by atoms with E-state index >= 15 is 0 Å². The number of aromatic carboxylic acids is 1. The highest BCUT2D eigenvalue weighted by Crippen LogP contribution is 2.28. The molecule has 0 aliphatic rings. The molecule has 8 nitrogen and oxygen atoms in total. The minimum absolute atomic E-state index is 0.0111. The summed E-state index contributed by atoms with van der Waals surface area (Å²) in [6.45, 7) is 7.60. The van der Waals surface area contributed by atoms with E-state index in [4.69, 9.17) is 9.84 Å². The molecule has 0 aliphatic carbocycles. The quantitative estimate of drug-likeness (QED) is 0.238. The van der Waals surface area contributed by atoms with E-state index in [1.165, 1.54) is 31.4 Å². The molecule has 5 N–H and O–H groups in total. The van der Waals surface area contributed by atoms with Gasteiger partial charge in [-0.25, -0.2) is 4.79 Å². The van der Waals surface area contributed by atoms with Crippen LogP contribution in [0.25, 0.3) is 0 Å². The van der Waals surface area contributed by atoms with Crippen molar-refractivity contribution < 1.29 is 30.0 Å². The van der Waals surface area contributed by atoms with Gasteiger partial charge >= 0.3 is 5.97 Å². The van der Waals surface area contributed by atoms with E-state index in [0.29, 0.717) is 0 Å². The van der Waals surface area contributed by atoms with Crippen LogP contribution in [-0.2, 0) is 0 Å². The highest BCUT2D eigenvalue weighted by molar-refractivity contribution is 5.89. The lowest BCUT2D eigenvalue weighted by atomic mass is 10.0. The number of anilines is 1. The van der Waals surface area contributed by atoms with Crippen LogP contribution in [0.4, 0.5) is 5.69 Å². The number of hydrogen-bond donors (Lipinski definition) is 5. The van der Waals surface area contributed by atoms with Crippen LogP contribution in [0.5, 0.6) is 5.75 Å². The number of ether oxygens (including phenoxy) is 1. The number of carbonyl (C=O) groups is 1. The smallest absolute Gasteiger partial charge is 0.335 e. The van der Waals surface area contributed by atoms with Gasteiger partial charge in [0.25, 0.3) is 5.82 Å². The third kappa shape index (κ3) is 6.49. The zero-order chi connectivity index (χ0) is 23.9. The van der Waals surface area contributed by atoms with Gasteiger partial charge in [0.15, 0.2) is 0 Å². The molecule has 0 aromatic heterocycles. The number of benzene rings is 2. The lowest BCUT2D eigenvalue weighted by Crippen LogP contribution is -2.52. The minimum Gasteiger partial charge on any atom is -0.494 e. The summed E-state index contributed by atoms with van der Waals surface area (Å²) in [5, 5.41) is 33.6. The van der Waals surface area contributed by atoms with E-state index in [0.717, 1.165) is 11.1 Å². The zero-order valence-electron chi connectivity index (χ0n) is 18.9. The molecule has 1 atom stereocenters. The van der Waals surface area contributed by atoms with Crippen molar-refractivity contribution in [2.24, 2.45) is 5.92 Å². The van der Waals surface area contributed by atoms with Crippen molar-refractivity contribution in [2.45, 2.75) is 33.7 Å². The van der Waals surface area contributed by atoms with Gasteiger partial charge in [-0.1, -0.05) is 43.4 Å². The first-order valence-electron chi connectivity index (χ1n) is 10.1. The second-order valence-corrected chi connectivity index (χ2v) is 7.61. The maximum atomic E-state index is 11.2. The third-order valence-electron chi connectivity index (χ3n) is 4.73. The summed E-state index contributed by atoms with van der Waals surface area (Å²) >= 11 is 0. The first-order valence-corrected chi connectivity index (χ1v) is 10.1. The van der Waals surface area contributed by atoms with Gasteiger partial charge in [0.05, 0.1) is 23.6 Å². The number of carboxylic acids is 1. The molecule has 32 heavy (non-hydrogen) atoms. The van der Waals surface area contributed by atoms with Crippen LogP contribution in [0.3, 0.4) is 0 Å². The van der Waals surface area contributed by atoms with Gasteiger partial charge in [0, 0.05) is 11.6 Å². The number of aryl methyl sites for hydroxylation is 1. The highest BCUT2D eigenvalue weighted by atomic mass is 16.9. The second kappa shape index (κ2) is 10.7. The number of allylic oxidation sites excluding steroid dienone is 1. The summed E-state index contributed by atoms with van der Waals surface area (Å²) in [4.78, 5) is 9.46. The summed E-state index contributed by atoms with van der Waals surface area (Å²) in [7, 11) is 1.36. The average Bonchev–Trinajstić information content (AvgIpc) is 2.74. The summed E-state index contributed by atoms with van der Waals surface area (Å²) in [5.41, 5.74) is 4.74. The zero-order valence-corrected chi connectivity index (χ0v) is 18.9. The van der Waals surface area contributed by atoms with Gasteiger partial charge < -0.3 is 15.2 Å². The summed E-state index contributed by atoms with van der Waals surface area (Å²) < 4.78 is 5.19. The third-order valence-corrected chi connectivity index (χ3v) is 4.73. The fourth-order valence-corrected chi connectivity index (χ4v) is 2.82. The number of methoxy groups -OCH3 is 1. The number of nitrogens with zero attached hydrogens (tertiary/aromatic N) is 1. The fraction of sp³-hybridized carbons (Fsp3) is 0.292. The van der Waals surface area contributed by atoms with Crippen molar-refractivity contribution in [1.82, 2.24) is 5.32 Å². The number of rotatable bonds is 8. The van der Waals surface area contributed by atoms with Gasteiger partial charge in [0.2, 0.25) is 0 Å². The maximum absolute atomic E-state index is 11.2. The SMILES string of the molecule is C/C=C(\NC(C#Cc1ccc(C)cc1)C(C)C)[N+](O)(O)Nc1ccc(C(=O)O)cc1OC. The summed E-state index contributed by atoms with van der Waals surface area (Å²) in [6, 6.07) is 11.5. The molecular formula is C24H30N3O5+. The highest BCUT2D eigenvalue weighted by Gasteiger charge is 2.33. The van der Waals surface area contributed by atoms with Crippen LogP contribution in [0.2, 0.25) is 0 Å². The van der Waals surface area contributed by atoms with E-state index in [2.05, 4.69) is 22.6 Å². The number of hydroxylamine groups is 2. The second-order valence-electron chi connectivity index (χ2n) is 7.61. The van der Waals surface area contributed by atoms with Crippen LogP contribution in [-0.4, -0.2) is 39.6 Å². The molecule has 0 radical (unpaired) electrons. The van der Waals surface area contributed by atoms with E-state index in [9.17, 15) is 15.2 Å². The van der Waals surface area contributed by atoms with E-state index in [1.807, 2.05) is 45.0 Å². The van der Waals surface area contributed by atoms with Gasteiger partial charge in [0.1, 0.15) is 11.4 Å². The molecular weight excluding hydrogens is 410 g/mol. The van der Waals surface area contributed by atoms with E-state index in [1.54, 1.807) is 6.92 Å². The van der Waals surface area contributed by atoms with Crippen molar-refractivity contribution in [3.63, 3.8) is 0 Å². The first kappa shape index (κ1) is 24.8. The van der Waals surface area contributed by atoms with Crippen molar-refractivity contribution in [2.75, 3.05) is 12.5 Å². The Hall–Kier alpha value is -3.51. The Balaban J connectivity index is 2.25. The number of carboxylic acid groups (broad SMARTS) is 1. The van der Waals surface area contributed by atoms with Crippen LogP contribution < -0.4 is 15.5 Å². The molecule has 0 amide bonds. The van der Waals surface area contributed by atoms with Gasteiger partial charge in [-0.05, 0) is 50.1 Å². The average molecular weight is 441 g/mol. The molecule has 0 aliphatic heterocycles. The molecule has 0 saturated heterocycles. The van der Waals surface area contributed by atoms with Crippen molar-refractivity contribution in [3.05, 3.63) is 71.1 Å². The molecule has 2 aromatic carbocycles. The molecule has 2 aromatic rings. The molecule has 1 unspecified atom stereocenters. The molecule has 2 rings (SSSR count). The monoisotopic (exact) mass is 440 g/mol. The van der Waals surface area contributed by atoms with E-state index in [-0.39, 0.29) is 34.8 Å². The van der Waals surface area contributed by atoms with Crippen LogP contribution >= 0.6 is 0 Å². The number of quaternary nitrogens is 1. The lowest BCUT2D eigenvalue weighted by molar-refractivity contribution is -1.21. The molecule has 8 heteroatoms. The van der Waals surface area contributed by atoms with Crippen LogP contribution in [0.1, 0.15) is 42.3 Å². The predicted octanol–water partition coefficient (Wildman–Crippen LogP) is 4.15. The molecule has 0 spiro atoms. The number of hydrogen-bond acceptors (Lipinski definition) is 6. The lowest BCUT2D eigenvalue weighted by Gasteiger charge is -2.27. The number of nitrogens with one attached hydrogen (secondary N) is 2. The Morgan fingerprint density at radius 1 is 1.16 bits per heavy atom. The summed E-state index contributed by atoms with van der Waals surface area (Å²) in [6.07, 6.45) is 1.51. The molecule has 0 heterocycles. The molecule has 0 bridgehead atoms. The maximum Gasteiger partial charge on any atom is 0.335 e. The largest absolute Gasteiger partial charge is 0.494 e. The molecule has 170 valence electrons. The Morgan fingerprint density at radius 2 is 1.81 bits per heavy atom.